The first-order valence-electron chi connectivity index (χ1n) is 6.72. The number of halogens is 4. The average molecular weight is 370 g/mol. The maximum absolute atomic E-state index is 13.2. The summed E-state index contributed by atoms with van der Waals surface area (Å²) in [5.74, 6) is -0.977. The van der Waals surface area contributed by atoms with Gasteiger partial charge in [0.2, 0.25) is 0 Å². The van der Waals surface area contributed by atoms with E-state index in [0.717, 1.165) is 10.0 Å². The first-order chi connectivity index (χ1) is 10.4. The highest BCUT2D eigenvalue weighted by atomic mass is 79.9. The summed E-state index contributed by atoms with van der Waals surface area (Å²) in [6, 6.07) is 9.30. The van der Waals surface area contributed by atoms with Crippen molar-refractivity contribution in [3.8, 4) is 6.07 Å². The van der Waals surface area contributed by atoms with Gasteiger partial charge in [-0.05, 0) is 30.5 Å². The lowest BCUT2D eigenvalue weighted by molar-refractivity contribution is -0.141. The molecule has 0 saturated carbocycles. The van der Waals surface area contributed by atoms with Gasteiger partial charge in [0.25, 0.3) is 0 Å². The molecule has 2 aromatic rings. The number of rotatable bonds is 1. The lowest BCUT2D eigenvalue weighted by Gasteiger charge is -2.26. The van der Waals surface area contributed by atoms with Crippen LogP contribution in [-0.4, -0.2) is 10.2 Å². The lowest BCUT2D eigenvalue weighted by Crippen LogP contribution is -2.18. The van der Waals surface area contributed by atoms with Crippen molar-refractivity contribution in [2.75, 3.05) is 0 Å². The Balaban J connectivity index is 2.17. The number of aromatic amines is 1. The van der Waals surface area contributed by atoms with Gasteiger partial charge in [0, 0.05) is 16.0 Å². The Morgan fingerprint density at radius 3 is 2.73 bits per heavy atom. The zero-order valence-corrected chi connectivity index (χ0v) is 12.9. The predicted molar refractivity (Wildman–Crippen MR) is 77.2 cm³/mol. The maximum Gasteiger partial charge on any atom is 0.435 e. The molecule has 0 spiro atoms. The fourth-order valence-electron chi connectivity index (χ4n) is 3.01. The third kappa shape index (κ3) is 2.52. The zero-order chi connectivity index (χ0) is 15.9. The molecule has 3 rings (SSSR count). The number of fused-ring (bicyclic) bond motifs is 1. The average Bonchev–Trinajstić information content (AvgIpc) is 2.91. The summed E-state index contributed by atoms with van der Waals surface area (Å²) in [5.41, 5.74) is 0.292. The van der Waals surface area contributed by atoms with E-state index in [1.807, 2.05) is 12.1 Å². The minimum Gasteiger partial charge on any atom is -0.280 e. The quantitative estimate of drug-likeness (QED) is 0.790. The standard InChI is InChI=1S/C15H11BrF3N3/c16-10-3-1-2-8(6-10)11-5-4-9(7-20)13-12(11)14(22-21-13)15(17,18)19/h1-3,6,9,11H,4-5H2,(H,21,22). The number of hydrogen-bond acceptors (Lipinski definition) is 2. The van der Waals surface area contributed by atoms with Crippen molar-refractivity contribution in [3.63, 3.8) is 0 Å². The highest BCUT2D eigenvalue weighted by Crippen LogP contribution is 2.46. The van der Waals surface area contributed by atoms with Crippen molar-refractivity contribution in [3.05, 3.63) is 51.3 Å². The molecule has 1 aromatic carbocycles. The van der Waals surface area contributed by atoms with Crippen LogP contribution in [0.4, 0.5) is 13.2 Å². The normalized spacial score (nSPS) is 21.2. The molecule has 22 heavy (non-hydrogen) atoms. The van der Waals surface area contributed by atoms with E-state index in [2.05, 4.69) is 32.2 Å². The third-order valence-electron chi connectivity index (χ3n) is 3.95. The number of alkyl halides is 3. The summed E-state index contributed by atoms with van der Waals surface area (Å²) < 4.78 is 40.5. The van der Waals surface area contributed by atoms with Crippen molar-refractivity contribution in [2.45, 2.75) is 30.9 Å². The molecule has 0 bridgehead atoms. The van der Waals surface area contributed by atoms with E-state index >= 15 is 0 Å². The first kappa shape index (κ1) is 15.1. The Morgan fingerprint density at radius 2 is 2.09 bits per heavy atom. The van der Waals surface area contributed by atoms with Gasteiger partial charge in [-0.2, -0.15) is 23.5 Å². The zero-order valence-electron chi connectivity index (χ0n) is 11.3. The number of nitrogens with one attached hydrogen (secondary N) is 1. The number of hydrogen-bond donors (Lipinski definition) is 1. The van der Waals surface area contributed by atoms with Crippen LogP contribution < -0.4 is 0 Å². The molecular weight excluding hydrogens is 359 g/mol. The summed E-state index contributed by atoms with van der Waals surface area (Å²) in [4.78, 5) is 0. The Morgan fingerprint density at radius 1 is 1.32 bits per heavy atom. The van der Waals surface area contributed by atoms with Gasteiger partial charge in [0.1, 0.15) is 0 Å². The molecule has 1 N–H and O–H groups in total. The smallest absolute Gasteiger partial charge is 0.280 e. The second kappa shape index (κ2) is 5.43. The lowest BCUT2D eigenvalue weighted by atomic mass is 9.76. The molecule has 1 aliphatic rings. The molecule has 0 saturated heterocycles. The number of nitriles is 1. The van der Waals surface area contributed by atoms with Crippen molar-refractivity contribution >= 4 is 15.9 Å². The Labute approximate surface area is 133 Å². The number of aromatic nitrogens is 2. The van der Waals surface area contributed by atoms with Crippen LogP contribution in [0.25, 0.3) is 0 Å². The van der Waals surface area contributed by atoms with Crippen LogP contribution >= 0.6 is 15.9 Å². The molecule has 1 aliphatic carbocycles. The molecule has 3 nitrogen and oxygen atoms in total. The van der Waals surface area contributed by atoms with Crippen LogP contribution in [0.2, 0.25) is 0 Å². The topological polar surface area (TPSA) is 52.5 Å². The summed E-state index contributed by atoms with van der Waals surface area (Å²) in [6.07, 6.45) is -3.53. The van der Waals surface area contributed by atoms with Crippen molar-refractivity contribution in [2.24, 2.45) is 0 Å². The number of H-pyrrole nitrogens is 1. The fourth-order valence-corrected chi connectivity index (χ4v) is 3.42. The van der Waals surface area contributed by atoms with Crippen molar-refractivity contribution < 1.29 is 13.2 Å². The molecule has 1 heterocycles. The highest BCUT2D eigenvalue weighted by Gasteiger charge is 2.43. The highest BCUT2D eigenvalue weighted by molar-refractivity contribution is 9.10. The molecule has 2 atom stereocenters. The van der Waals surface area contributed by atoms with Crippen LogP contribution in [0.3, 0.4) is 0 Å². The van der Waals surface area contributed by atoms with Crippen LogP contribution in [0.15, 0.2) is 28.7 Å². The van der Waals surface area contributed by atoms with Gasteiger partial charge in [-0.3, -0.25) is 5.10 Å². The van der Waals surface area contributed by atoms with Gasteiger partial charge in [-0.25, -0.2) is 0 Å². The molecule has 0 aliphatic heterocycles. The summed E-state index contributed by atoms with van der Waals surface area (Å²) in [6.45, 7) is 0. The SMILES string of the molecule is N#CC1CCC(c2cccc(Br)c2)c2c(C(F)(F)F)n[nH]c21. The van der Waals surface area contributed by atoms with Gasteiger partial charge in [-0.1, -0.05) is 28.1 Å². The van der Waals surface area contributed by atoms with Crippen molar-refractivity contribution in [1.29, 1.82) is 5.26 Å². The largest absolute Gasteiger partial charge is 0.435 e. The molecule has 114 valence electrons. The molecular formula is C15H11BrF3N3. The van der Waals surface area contributed by atoms with E-state index in [1.54, 1.807) is 12.1 Å². The van der Waals surface area contributed by atoms with E-state index in [9.17, 15) is 13.2 Å². The van der Waals surface area contributed by atoms with Crippen LogP contribution in [0, 0.1) is 11.3 Å². The van der Waals surface area contributed by atoms with E-state index in [-0.39, 0.29) is 5.56 Å². The van der Waals surface area contributed by atoms with Crippen LogP contribution in [0.1, 0.15) is 47.2 Å². The van der Waals surface area contributed by atoms with Crippen LogP contribution in [-0.2, 0) is 6.18 Å². The van der Waals surface area contributed by atoms with E-state index in [4.69, 9.17) is 5.26 Å². The monoisotopic (exact) mass is 369 g/mol. The van der Waals surface area contributed by atoms with Gasteiger partial charge in [0.05, 0.1) is 17.7 Å². The van der Waals surface area contributed by atoms with Gasteiger partial charge in [0.15, 0.2) is 5.69 Å². The second-order valence-electron chi connectivity index (χ2n) is 5.26. The minimum atomic E-state index is -4.54. The van der Waals surface area contributed by atoms with E-state index < -0.39 is 23.7 Å². The second-order valence-corrected chi connectivity index (χ2v) is 6.18. The van der Waals surface area contributed by atoms with E-state index in [1.165, 1.54) is 0 Å². The number of benzene rings is 1. The summed E-state index contributed by atoms with van der Waals surface area (Å²) in [5, 5.41) is 15.1. The Hall–Kier alpha value is -1.81. The van der Waals surface area contributed by atoms with Crippen LogP contribution in [0.5, 0.6) is 0 Å². The number of nitrogens with zero attached hydrogens (tertiary/aromatic N) is 2. The Bertz CT molecular complexity index is 745. The minimum absolute atomic E-state index is 0.114. The molecule has 0 radical (unpaired) electrons. The maximum atomic E-state index is 13.2. The Kier molecular flexibility index (Phi) is 3.73. The first-order valence-corrected chi connectivity index (χ1v) is 7.51. The van der Waals surface area contributed by atoms with Gasteiger partial charge in [-0.15, -0.1) is 0 Å². The molecule has 1 aromatic heterocycles. The van der Waals surface area contributed by atoms with E-state index in [0.29, 0.717) is 18.5 Å². The van der Waals surface area contributed by atoms with Gasteiger partial charge >= 0.3 is 6.18 Å². The molecule has 2 unspecified atom stereocenters. The third-order valence-corrected chi connectivity index (χ3v) is 4.44. The fraction of sp³-hybridized carbons (Fsp3) is 0.333. The van der Waals surface area contributed by atoms with Crippen molar-refractivity contribution in [1.82, 2.24) is 10.2 Å². The molecule has 0 fully saturated rings. The predicted octanol–water partition coefficient (Wildman–Crippen LogP) is 4.72. The molecule has 7 heteroatoms. The summed E-state index contributed by atoms with van der Waals surface area (Å²) >= 11 is 3.35. The van der Waals surface area contributed by atoms with Gasteiger partial charge < -0.3 is 0 Å². The summed E-state index contributed by atoms with van der Waals surface area (Å²) in [7, 11) is 0. The molecule has 0 amide bonds.